The molecule has 9 heavy (non-hydrogen) atoms. The molecule has 1 amide bonds. The lowest BCUT2D eigenvalue weighted by Gasteiger charge is -2.13. The second-order valence-corrected chi connectivity index (χ2v) is 2.22. The van der Waals surface area contributed by atoms with Crippen LogP contribution in [0.5, 0.6) is 0 Å². The SMILES string of the molecule is C=C1NC(=O)[C@@H](C)N1C. The molecule has 3 heteroatoms. The number of hydrogen-bond acceptors (Lipinski definition) is 2. The van der Waals surface area contributed by atoms with Crippen LogP contribution in [0.25, 0.3) is 0 Å². The minimum Gasteiger partial charge on any atom is -0.350 e. The lowest BCUT2D eigenvalue weighted by molar-refractivity contribution is -0.120. The molecule has 0 aromatic heterocycles. The van der Waals surface area contributed by atoms with Crippen LogP contribution in [0, 0.1) is 0 Å². The predicted octanol–water partition coefficient (Wildman–Crippen LogP) is -0.0923. The van der Waals surface area contributed by atoms with Crippen LogP contribution in [0.1, 0.15) is 6.92 Å². The Kier molecular flexibility index (Phi) is 1.20. The molecule has 0 unspecified atom stereocenters. The normalized spacial score (nSPS) is 26.9. The molecule has 1 saturated heterocycles. The second kappa shape index (κ2) is 1.76. The van der Waals surface area contributed by atoms with E-state index in [4.69, 9.17) is 0 Å². The molecule has 1 aliphatic rings. The molecule has 0 radical (unpaired) electrons. The van der Waals surface area contributed by atoms with Gasteiger partial charge in [-0.2, -0.15) is 0 Å². The summed E-state index contributed by atoms with van der Waals surface area (Å²) in [6, 6.07) is -0.0579. The van der Waals surface area contributed by atoms with Crippen molar-refractivity contribution in [2.75, 3.05) is 7.05 Å². The molecule has 1 N–H and O–H groups in total. The van der Waals surface area contributed by atoms with E-state index >= 15 is 0 Å². The van der Waals surface area contributed by atoms with E-state index in [-0.39, 0.29) is 11.9 Å². The van der Waals surface area contributed by atoms with Gasteiger partial charge in [-0.15, -0.1) is 0 Å². The predicted molar refractivity (Wildman–Crippen MR) is 34.5 cm³/mol. The molecule has 3 nitrogen and oxygen atoms in total. The smallest absolute Gasteiger partial charge is 0.247 e. The topological polar surface area (TPSA) is 32.3 Å². The van der Waals surface area contributed by atoms with Gasteiger partial charge in [-0.1, -0.05) is 6.58 Å². The quantitative estimate of drug-likeness (QED) is 0.492. The molecule has 0 spiro atoms. The first-order valence-corrected chi connectivity index (χ1v) is 2.85. The number of rotatable bonds is 0. The van der Waals surface area contributed by atoms with Gasteiger partial charge in [0.15, 0.2) is 0 Å². The summed E-state index contributed by atoms with van der Waals surface area (Å²) in [6.45, 7) is 5.47. The minimum atomic E-state index is -0.0579. The van der Waals surface area contributed by atoms with Gasteiger partial charge in [0.2, 0.25) is 5.91 Å². The van der Waals surface area contributed by atoms with Gasteiger partial charge in [0.05, 0.1) is 0 Å². The summed E-state index contributed by atoms with van der Waals surface area (Å²) in [5, 5.41) is 2.61. The van der Waals surface area contributed by atoms with Gasteiger partial charge in [-0.25, -0.2) is 0 Å². The van der Waals surface area contributed by atoms with Gasteiger partial charge in [0.1, 0.15) is 11.9 Å². The highest BCUT2D eigenvalue weighted by molar-refractivity contribution is 5.85. The van der Waals surface area contributed by atoms with Crippen LogP contribution in [0.15, 0.2) is 12.4 Å². The molecule has 1 atom stereocenters. The second-order valence-electron chi connectivity index (χ2n) is 2.22. The first-order chi connectivity index (χ1) is 4.13. The molecule has 1 heterocycles. The first kappa shape index (κ1) is 6.13. The maximum Gasteiger partial charge on any atom is 0.247 e. The van der Waals surface area contributed by atoms with E-state index in [1.807, 2.05) is 18.9 Å². The molecule has 1 aliphatic heterocycles. The van der Waals surface area contributed by atoms with E-state index in [1.54, 1.807) is 0 Å². The summed E-state index contributed by atoms with van der Waals surface area (Å²) < 4.78 is 0. The highest BCUT2D eigenvalue weighted by Crippen LogP contribution is 2.09. The van der Waals surface area contributed by atoms with Gasteiger partial charge >= 0.3 is 0 Å². The molecule has 0 aliphatic carbocycles. The lowest BCUT2D eigenvalue weighted by Crippen LogP contribution is -2.25. The van der Waals surface area contributed by atoms with E-state index < -0.39 is 0 Å². The lowest BCUT2D eigenvalue weighted by atomic mass is 10.3. The Morgan fingerprint density at radius 2 is 2.33 bits per heavy atom. The Labute approximate surface area is 54.3 Å². The fourth-order valence-electron chi connectivity index (χ4n) is 0.744. The van der Waals surface area contributed by atoms with Crippen molar-refractivity contribution >= 4 is 5.91 Å². The molecule has 0 aromatic carbocycles. The average Bonchev–Trinajstić information content (AvgIpc) is 1.98. The average molecular weight is 126 g/mol. The fourth-order valence-corrected chi connectivity index (χ4v) is 0.744. The number of likely N-dealkylation sites (N-methyl/N-ethyl adjacent to an activating group) is 1. The molecule has 1 fully saturated rings. The zero-order chi connectivity index (χ0) is 7.02. The van der Waals surface area contributed by atoms with Gasteiger partial charge in [0, 0.05) is 7.05 Å². The summed E-state index contributed by atoms with van der Waals surface area (Å²) in [6.07, 6.45) is 0. The molecular weight excluding hydrogens is 116 g/mol. The van der Waals surface area contributed by atoms with Crippen molar-refractivity contribution in [3.05, 3.63) is 12.4 Å². The maximum atomic E-state index is 10.8. The Bertz CT molecular complexity index is 146. The van der Waals surface area contributed by atoms with Crippen molar-refractivity contribution in [2.45, 2.75) is 13.0 Å². The Hall–Kier alpha value is -0.990. The molecule has 0 aromatic rings. The minimum absolute atomic E-state index is 0.0301. The van der Waals surface area contributed by atoms with Crippen molar-refractivity contribution in [2.24, 2.45) is 0 Å². The summed E-state index contributed by atoms with van der Waals surface area (Å²) in [4.78, 5) is 12.6. The monoisotopic (exact) mass is 126 g/mol. The fraction of sp³-hybridized carbons (Fsp3) is 0.500. The summed E-state index contributed by atoms with van der Waals surface area (Å²) in [7, 11) is 1.84. The third-order valence-corrected chi connectivity index (χ3v) is 1.65. The van der Waals surface area contributed by atoms with E-state index in [2.05, 4.69) is 11.9 Å². The maximum absolute atomic E-state index is 10.8. The summed E-state index contributed by atoms with van der Waals surface area (Å²) in [5.74, 6) is 0.718. The molecular formula is C6H10N2O. The largest absolute Gasteiger partial charge is 0.350 e. The van der Waals surface area contributed by atoms with E-state index in [0.29, 0.717) is 5.82 Å². The van der Waals surface area contributed by atoms with Gasteiger partial charge in [-0.05, 0) is 6.92 Å². The zero-order valence-electron chi connectivity index (χ0n) is 5.64. The van der Waals surface area contributed by atoms with E-state index in [0.717, 1.165) is 0 Å². The molecule has 0 saturated carbocycles. The first-order valence-electron chi connectivity index (χ1n) is 2.85. The van der Waals surface area contributed by atoms with Gasteiger partial charge < -0.3 is 10.2 Å². The number of nitrogens with one attached hydrogen (secondary N) is 1. The van der Waals surface area contributed by atoms with E-state index in [9.17, 15) is 4.79 Å². The summed E-state index contributed by atoms with van der Waals surface area (Å²) in [5.41, 5.74) is 0. The summed E-state index contributed by atoms with van der Waals surface area (Å²) >= 11 is 0. The van der Waals surface area contributed by atoms with Crippen LogP contribution in [-0.4, -0.2) is 23.9 Å². The number of carbonyl (C=O) groups excluding carboxylic acids is 1. The van der Waals surface area contributed by atoms with Crippen molar-refractivity contribution in [3.8, 4) is 0 Å². The number of nitrogens with zero attached hydrogens (tertiary/aromatic N) is 1. The van der Waals surface area contributed by atoms with Crippen LogP contribution in [0.4, 0.5) is 0 Å². The van der Waals surface area contributed by atoms with Gasteiger partial charge in [0.25, 0.3) is 0 Å². The van der Waals surface area contributed by atoms with E-state index in [1.165, 1.54) is 0 Å². The molecule has 0 bridgehead atoms. The van der Waals surface area contributed by atoms with Gasteiger partial charge in [-0.3, -0.25) is 4.79 Å². The van der Waals surface area contributed by atoms with Crippen molar-refractivity contribution in [3.63, 3.8) is 0 Å². The Morgan fingerprint density at radius 1 is 1.78 bits per heavy atom. The van der Waals surface area contributed by atoms with Crippen molar-refractivity contribution in [1.82, 2.24) is 10.2 Å². The van der Waals surface area contributed by atoms with Crippen LogP contribution in [0.3, 0.4) is 0 Å². The number of hydrogen-bond donors (Lipinski definition) is 1. The molecule has 50 valence electrons. The van der Waals surface area contributed by atoms with Crippen LogP contribution in [0.2, 0.25) is 0 Å². The molecule has 1 rings (SSSR count). The van der Waals surface area contributed by atoms with Crippen LogP contribution in [-0.2, 0) is 4.79 Å². The standard InChI is InChI=1S/C6H10N2O/c1-4-6(9)7-5(2)8(4)3/h4H,2H2,1,3H3,(H,7,9)/t4-/m1/s1. The van der Waals surface area contributed by atoms with Crippen LogP contribution >= 0.6 is 0 Å². The number of carbonyl (C=O) groups is 1. The Balaban J connectivity index is 2.77. The Morgan fingerprint density at radius 3 is 2.44 bits per heavy atom. The third-order valence-electron chi connectivity index (χ3n) is 1.65. The van der Waals surface area contributed by atoms with Crippen LogP contribution < -0.4 is 5.32 Å². The van der Waals surface area contributed by atoms with Crippen molar-refractivity contribution in [1.29, 1.82) is 0 Å². The van der Waals surface area contributed by atoms with Crippen molar-refractivity contribution < 1.29 is 4.79 Å². The third kappa shape index (κ3) is 0.781. The number of amides is 1. The highest BCUT2D eigenvalue weighted by Gasteiger charge is 2.26. The highest BCUT2D eigenvalue weighted by atomic mass is 16.2. The zero-order valence-corrected chi connectivity index (χ0v) is 5.64.